The number of aliphatic hydroxyl groups is 6. The fraction of sp³-hybridized carbons (Fsp3) is 0.647. The molecule has 0 spiro atoms. The van der Waals surface area contributed by atoms with Gasteiger partial charge in [0, 0.05) is 38.5 Å². The van der Waals surface area contributed by atoms with E-state index in [2.05, 4.69) is 197 Å². The van der Waals surface area contributed by atoms with Crippen molar-refractivity contribution < 1.29 is 116 Å². The zero-order valence-corrected chi connectivity index (χ0v) is 79.7. The first kappa shape index (κ1) is 106. The van der Waals surface area contributed by atoms with Gasteiger partial charge in [-0.1, -0.05) is 197 Å². The second-order valence-electron chi connectivity index (χ2n) is 38.1. The lowest BCUT2D eigenvalue weighted by atomic mass is 9.79. The summed E-state index contributed by atoms with van der Waals surface area (Å²) in [6.45, 7) is 47.1. The molecule has 0 aliphatic heterocycles. The summed E-state index contributed by atoms with van der Waals surface area (Å²) in [5, 5.41) is 57.4. The zero-order chi connectivity index (χ0) is 91.8. The highest BCUT2D eigenvalue weighted by Gasteiger charge is 2.33. The Labute approximate surface area is 753 Å². The molecule has 6 aromatic rings. The Morgan fingerprint density at radius 1 is 0.159 bits per heavy atom. The van der Waals surface area contributed by atoms with Crippen molar-refractivity contribution in [1.29, 1.82) is 0 Å². The molecule has 24 nitrogen and oxygen atoms in total. The van der Waals surface area contributed by atoms with Gasteiger partial charge in [0.05, 0.1) is 198 Å². The highest BCUT2D eigenvalue weighted by molar-refractivity contribution is 5.62. The molecule has 0 aromatic heterocycles. The summed E-state index contributed by atoms with van der Waals surface area (Å²) in [6.07, 6.45) is 2.12. The Morgan fingerprint density at radius 2 is 0.254 bits per heavy atom. The van der Waals surface area contributed by atoms with Crippen LogP contribution in [0.2, 0.25) is 0 Å². The lowest BCUT2D eigenvalue weighted by Crippen LogP contribution is -2.19. The molecule has 6 N–H and O–H groups in total. The van der Waals surface area contributed by atoms with Crippen molar-refractivity contribution in [3.63, 3.8) is 0 Å². The van der Waals surface area contributed by atoms with E-state index in [1.807, 2.05) is 0 Å². The molecule has 7 rings (SSSR count). The van der Waals surface area contributed by atoms with Gasteiger partial charge in [0.2, 0.25) is 0 Å². The molecular formula is C102H156O24. The molecule has 0 fully saturated rings. The number of aliphatic hydroxyl groups excluding tert-OH is 6. The van der Waals surface area contributed by atoms with Gasteiger partial charge in [0.15, 0.2) is 0 Å². The van der Waals surface area contributed by atoms with Crippen LogP contribution in [0.25, 0.3) is 0 Å². The van der Waals surface area contributed by atoms with Crippen LogP contribution in [-0.2, 0) is 128 Å². The van der Waals surface area contributed by atoms with Gasteiger partial charge in [-0.25, -0.2) is 0 Å². The maximum absolute atomic E-state index is 9.57. The standard InChI is InChI=1S/C102H156O24/c1-97(2,3)85-61-73-55-75-63-86(98(4,5)6)65-77(92(75)122-50-44-116-38-32-110-26-20-104)57-79-67-88(100(10,11)12)69-81(94(79)124-52-46-118-40-34-112-28-22-106)59-83-71-90(102(16,17)18)72-84(96(83)126-54-48-120-42-36-114-30-24-108)60-82-70-89(101(13,14)15)68-80(95(82)125-53-47-119-41-35-113-29-23-107)58-78-66-87(99(7,8)9)64-76(93(78)123-51-45-117-39-33-111-27-21-105)56-74(62-85)91(73)121-49-43-115-37-31-109-25-19-103/h61-72,103-108H,19-60H2,1-18H3. The first-order chi connectivity index (χ1) is 60.1. The summed E-state index contributed by atoms with van der Waals surface area (Å²) >= 11 is 0. The summed E-state index contributed by atoms with van der Waals surface area (Å²) in [7, 11) is 0. The van der Waals surface area contributed by atoms with E-state index in [0.717, 1.165) is 100 Å². The molecule has 0 radical (unpaired) electrons. The Kier molecular flexibility index (Phi) is 45.8. The number of hydrogen-bond acceptors (Lipinski definition) is 24. The van der Waals surface area contributed by atoms with Gasteiger partial charge in [0.25, 0.3) is 0 Å². The van der Waals surface area contributed by atoms with Crippen molar-refractivity contribution in [2.45, 2.75) is 196 Å². The SMILES string of the molecule is CC(C)(C)c1cc2c(OCCOCCOCCO)c(c1)Cc1cc(C(C)(C)C)cc(c1OCCOCCOCCO)Cc1cc(C(C)(C)C)cc(c1OCCOCCOCCO)Cc1cc(C(C)(C)C)cc(c1OCCOCCOCCO)Cc1cc(C(C)(C)C)cc(c1OCCOCCOCCO)Cc1cc(C(C)(C)C)cc(c1OCCOCCOCCO)C2. The van der Waals surface area contributed by atoms with Crippen LogP contribution in [0.1, 0.15) is 225 Å². The van der Waals surface area contributed by atoms with Gasteiger partial charge >= 0.3 is 0 Å². The van der Waals surface area contributed by atoms with Crippen LogP contribution in [0, 0.1) is 0 Å². The summed E-state index contributed by atoms with van der Waals surface area (Å²) in [4.78, 5) is 0. The van der Waals surface area contributed by atoms with Gasteiger partial charge in [-0.2, -0.15) is 0 Å². The van der Waals surface area contributed by atoms with Crippen LogP contribution in [0.4, 0.5) is 0 Å². The molecule has 12 bridgehead atoms. The largest absolute Gasteiger partial charge is 0.491 e. The van der Waals surface area contributed by atoms with Crippen LogP contribution in [-0.4, -0.2) is 268 Å². The van der Waals surface area contributed by atoms with Crippen LogP contribution in [0.15, 0.2) is 72.8 Å². The zero-order valence-electron chi connectivity index (χ0n) is 79.7. The third-order valence-electron chi connectivity index (χ3n) is 21.4. The molecule has 0 atom stereocenters. The van der Waals surface area contributed by atoms with Crippen molar-refractivity contribution in [1.82, 2.24) is 0 Å². The highest BCUT2D eigenvalue weighted by Crippen LogP contribution is 2.47. The third-order valence-corrected chi connectivity index (χ3v) is 21.4. The molecule has 126 heavy (non-hydrogen) atoms. The minimum atomic E-state index is -0.392. The molecular weight excluding hydrogens is 1610 g/mol. The average molecular weight is 1770 g/mol. The van der Waals surface area contributed by atoms with Crippen molar-refractivity contribution in [3.05, 3.63) is 173 Å². The normalized spacial score (nSPS) is 13.1. The molecule has 0 amide bonds. The Bertz CT molecular complexity index is 3310. The lowest BCUT2D eigenvalue weighted by Gasteiger charge is -2.29. The van der Waals surface area contributed by atoms with Crippen molar-refractivity contribution in [2.75, 3.05) is 238 Å². The van der Waals surface area contributed by atoms with Crippen molar-refractivity contribution in [2.24, 2.45) is 0 Å². The van der Waals surface area contributed by atoms with E-state index in [9.17, 15) is 30.6 Å². The summed E-state index contributed by atoms with van der Waals surface area (Å²) in [6, 6.07) is 27.6. The monoisotopic (exact) mass is 1770 g/mol. The fourth-order valence-corrected chi connectivity index (χ4v) is 14.6. The summed E-state index contributed by atoms with van der Waals surface area (Å²) in [5.41, 5.74) is 15.3. The molecule has 1 aliphatic carbocycles. The molecule has 24 heteroatoms. The van der Waals surface area contributed by atoms with E-state index in [-0.39, 0.29) is 159 Å². The number of fused-ring (bicyclic) bond motifs is 12. The minimum Gasteiger partial charge on any atom is -0.491 e. The Hall–Kier alpha value is -6.60. The maximum atomic E-state index is 9.57. The highest BCUT2D eigenvalue weighted by atomic mass is 16.6. The predicted molar refractivity (Wildman–Crippen MR) is 493 cm³/mol. The summed E-state index contributed by atoms with van der Waals surface area (Å²) in [5.74, 6) is 4.14. The maximum Gasteiger partial charge on any atom is 0.126 e. The van der Waals surface area contributed by atoms with E-state index in [1.165, 1.54) is 0 Å². The molecule has 0 saturated carbocycles. The van der Waals surface area contributed by atoms with E-state index < -0.39 is 32.5 Å². The average Bonchev–Trinajstić information content (AvgIpc) is 0.764. The third kappa shape index (κ3) is 36.3. The predicted octanol–water partition coefficient (Wildman–Crippen LogP) is 13.8. The molecule has 0 heterocycles. The molecule has 708 valence electrons. The quantitative estimate of drug-likeness (QED) is 0.0193. The fourth-order valence-electron chi connectivity index (χ4n) is 14.6. The number of benzene rings is 6. The topological polar surface area (TPSA) is 288 Å². The van der Waals surface area contributed by atoms with Crippen LogP contribution >= 0.6 is 0 Å². The van der Waals surface area contributed by atoms with Crippen LogP contribution < -0.4 is 28.4 Å². The van der Waals surface area contributed by atoms with Gasteiger partial charge < -0.3 is 116 Å². The Morgan fingerprint density at radius 3 is 0.349 bits per heavy atom. The van der Waals surface area contributed by atoms with E-state index >= 15 is 0 Å². The number of rotatable bonds is 54. The second-order valence-corrected chi connectivity index (χ2v) is 38.1. The number of ether oxygens (including phenoxy) is 18. The van der Waals surface area contributed by atoms with E-state index in [1.54, 1.807) is 0 Å². The molecule has 0 unspecified atom stereocenters. The first-order valence-corrected chi connectivity index (χ1v) is 45.5. The van der Waals surface area contributed by atoms with Gasteiger partial charge in [-0.15, -0.1) is 0 Å². The lowest BCUT2D eigenvalue weighted by molar-refractivity contribution is 0.0244. The van der Waals surface area contributed by atoms with Crippen LogP contribution in [0.5, 0.6) is 34.5 Å². The summed E-state index contributed by atoms with van der Waals surface area (Å²) < 4.78 is 116. The van der Waals surface area contributed by atoms with E-state index in [4.69, 9.17) is 85.3 Å². The van der Waals surface area contributed by atoms with Gasteiger partial charge in [0.1, 0.15) is 74.1 Å². The first-order valence-electron chi connectivity index (χ1n) is 45.5. The van der Waals surface area contributed by atoms with Crippen molar-refractivity contribution >= 4 is 0 Å². The van der Waals surface area contributed by atoms with Crippen LogP contribution in [0.3, 0.4) is 0 Å². The van der Waals surface area contributed by atoms with E-state index in [0.29, 0.717) is 152 Å². The molecule has 6 aromatic carbocycles. The van der Waals surface area contributed by atoms with Gasteiger partial charge in [-0.05, 0) is 133 Å². The number of hydrogen-bond donors (Lipinski definition) is 6. The van der Waals surface area contributed by atoms with Crippen molar-refractivity contribution in [3.8, 4) is 34.5 Å². The molecule has 0 saturated heterocycles. The van der Waals surface area contributed by atoms with Gasteiger partial charge in [-0.3, -0.25) is 0 Å². The molecule has 1 aliphatic rings. The smallest absolute Gasteiger partial charge is 0.126 e. The Balaban J connectivity index is 1.71. The second kappa shape index (κ2) is 54.3. The minimum absolute atomic E-state index is 0.0955.